The number of carbonyl (C=O) groups excluding carboxylic acids is 1. The van der Waals surface area contributed by atoms with Crippen molar-refractivity contribution < 1.29 is 4.79 Å². The van der Waals surface area contributed by atoms with Gasteiger partial charge >= 0.3 is 0 Å². The van der Waals surface area contributed by atoms with Gasteiger partial charge in [-0.25, -0.2) is 0 Å². The fraction of sp³-hybridized carbons (Fsp3) is 0.462. The summed E-state index contributed by atoms with van der Waals surface area (Å²) in [6.07, 6.45) is 4.56. The third-order valence-electron chi connectivity index (χ3n) is 3.15. The van der Waals surface area contributed by atoms with E-state index in [1.54, 1.807) is 18.2 Å². The number of halogens is 1. The van der Waals surface area contributed by atoms with E-state index in [0.717, 1.165) is 25.9 Å². The first-order valence-corrected chi connectivity index (χ1v) is 6.41. The molecule has 0 spiro atoms. The molecular formula is C13H17ClN2O. The van der Waals surface area contributed by atoms with Crippen LogP contribution in [0, 0.1) is 0 Å². The van der Waals surface area contributed by atoms with Crippen LogP contribution in [0.5, 0.6) is 0 Å². The summed E-state index contributed by atoms with van der Waals surface area (Å²) in [6, 6.07) is 5.22. The molecule has 1 aromatic rings. The summed E-state index contributed by atoms with van der Waals surface area (Å²) in [5.41, 5.74) is 6.70. The van der Waals surface area contributed by atoms with Gasteiger partial charge < -0.3 is 10.6 Å². The van der Waals surface area contributed by atoms with E-state index < -0.39 is 0 Å². The van der Waals surface area contributed by atoms with Crippen molar-refractivity contribution in [2.75, 3.05) is 18.8 Å². The van der Waals surface area contributed by atoms with Gasteiger partial charge in [0.1, 0.15) is 0 Å². The molecule has 2 rings (SSSR count). The molecule has 1 aromatic carbocycles. The minimum atomic E-state index is 0.00389. The summed E-state index contributed by atoms with van der Waals surface area (Å²) in [5.74, 6) is 0.00389. The van der Waals surface area contributed by atoms with Crippen LogP contribution >= 0.6 is 11.6 Å². The van der Waals surface area contributed by atoms with E-state index in [0.29, 0.717) is 16.3 Å². The maximum absolute atomic E-state index is 12.3. The average molecular weight is 253 g/mol. The maximum atomic E-state index is 12.3. The van der Waals surface area contributed by atoms with Crippen molar-refractivity contribution in [3.63, 3.8) is 0 Å². The number of amides is 1. The largest absolute Gasteiger partial charge is 0.398 e. The standard InChI is InChI=1S/C13H17ClN2O/c14-12-10(6-5-7-11(12)15)13(17)16-8-3-1-2-4-9-16/h5-7H,1-4,8-9,15H2. The molecule has 1 amide bonds. The van der Waals surface area contributed by atoms with Gasteiger partial charge in [-0.05, 0) is 25.0 Å². The van der Waals surface area contributed by atoms with Gasteiger partial charge in [-0.1, -0.05) is 30.5 Å². The third-order valence-corrected chi connectivity index (χ3v) is 3.57. The molecule has 0 saturated carbocycles. The fourth-order valence-corrected chi connectivity index (χ4v) is 2.37. The van der Waals surface area contributed by atoms with E-state index in [9.17, 15) is 4.79 Å². The maximum Gasteiger partial charge on any atom is 0.255 e. The van der Waals surface area contributed by atoms with Crippen molar-refractivity contribution in [2.45, 2.75) is 25.7 Å². The molecule has 1 saturated heterocycles. The molecule has 0 bridgehead atoms. The Labute approximate surface area is 107 Å². The number of carbonyl (C=O) groups is 1. The smallest absolute Gasteiger partial charge is 0.255 e. The summed E-state index contributed by atoms with van der Waals surface area (Å²) >= 11 is 6.08. The molecule has 17 heavy (non-hydrogen) atoms. The van der Waals surface area contributed by atoms with Crippen molar-refractivity contribution in [3.8, 4) is 0 Å². The van der Waals surface area contributed by atoms with E-state index in [1.807, 2.05) is 4.90 Å². The SMILES string of the molecule is Nc1cccc(C(=O)N2CCCCCC2)c1Cl. The first-order valence-electron chi connectivity index (χ1n) is 6.03. The van der Waals surface area contributed by atoms with Crippen LogP contribution in [-0.4, -0.2) is 23.9 Å². The number of nitrogen functional groups attached to an aromatic ring is 1. The number of anilines is 1. The highest BCUT2D eigenvalue weighted by atomic mass is 35.5. The lowest BCUT2D eigenvalue weighted by molar-refractivity contribution is 0.0762. The van der Waals surface area contributed by atoms with Crippen molar-refractivity contribution in [1.82, 2.24) is 4.90 Å². The Bertz CT molecular complexity index is 412. The highest BCUT2D eigenvalue weighted by Gasteiger charge is 2.20. The van der Waals surface area contributed by atoms with E-state index in [4.69, 9.17) is 17.3 Å². The summed E-state index contributed by atoms with van der Waals surface area (Å²) in [6.45, 7) is 1.65. The predicted molar refractivity (Wildman–Crippen MR) is 70.2 cm³/mol. The molecule has 0 radical (unpaired) electrons. The number of rotatable bonds is 1. The van der Waals surface area contributed by atoms with Gasteiger partial charge in [0.05, 0.1) is 16.3 Å². The summed E-state index contributed by atoms with van der Waals surface area (Å²) in [5, 5.41) is 0.377. The summed E-state index contributed by atoms with van der Waals surface area (Å²) in [7, 11) is 0. The lowest BCUT2D eigenvalue weighted by Crippen LogP contribution is -2.32. The Kier molecular flexibility index (Phi) is 3.89. The molecule has 4 heteroatoms. The van der Waals surface area contributed by atoms with Crippen LogP contribution in [-0.2, 0) is 0 Å². The Morgan fingerprint density at radius 2 is 1.82 bits per heavy atom. The molecule has 1 aliphatic heterocycles. The van der Waals surface area contributed by atoms with Crippen molar-refractivity contribution in [1.29, 1.82) is 0 Å². The predicted octanol–water partition coefficient (Wildman–Crippen LogP) is 2.94. The second kappa shape index (κ2) is 5.41. The van der Waals surface area contributed by atoms with Gasteiger partial charge in [-0.3, -0.25) is 4.79 Å². The number of likely N-dealkylation sites (tertiary alicyclic amines) is 1. The van der Waals surface area contributed by atoms with Crippen LogP contribution in [0.2, 0.25) is 5.02 Å². The third kappa shape index (κ3) is 2.72. The quantitative estimate of drug-likeness (QED) is 0.781. The van der Waals surface area contributed by atoms with Crippen LogP contribution < -0.4 is 5.73 Å². The van der Waals surface area contributed by atoms with Gasteiger partial charge in [0, 0.05) is 13.1 Å². The van der Waals surface area contributed by atoms with Crippen molar-refractivity contribution >= 4 is 23.2 Å². The number of hydrogen-bond donors (Lipinski definition) is 1. The normalized spacial score (nSPS) is 16.6. The van der Waals surface area contributed by atoms with Crippen LogP contribution in [0.25, 0.3) is 0 Å². The zero-order chi connectivity index (χ0) is 12.3. The minimum absolute atomic E-state index is 0.00389. The zero-order valence-corrected chi connectivity index (χ0v) is 10.5. The minimum Gasteiger partial charge on any atom is -0.398 e. The van der Waals surface area contributed by atoms with E-state index in [-0.39, 0.29) is 5.91 Å². The van der Waals surface area contributed by atoms with Gasteiger partial charge in [0.2, 0.25) is 0 Å². The van der Waals surface area contributed by atoms with Gasteiger partial charge in [-0.2, -0.15) is 0 Å². The second-order valence-electron chi connectivity index (χ2n) is 4.42. The molecule has 1 fully saturated rings. The number of hydrogen-bond acceptors (Lipinski definition) is 2. The molecule has 3 nitrogen and oxygen atoms in total. The van der Waals surface area contributed by atoms with E-state index >= 15 is 0 Å². The molecule has 0 aromatic heterocycles. The van der Waals surface area contributed by atoms with E-state index in [2.05, 4.69) is 0 Å². The molecule has 0 aliphatic carbocycles. The zero-order valence-electron chi connectivity index (χ0n) is 9.79. The second-order valence-corrected chi connectivity index (χ2v) is 4.79. The van der Waals surface area contributed by atoms with Crippen molar-refractivity contribution in [3.05, 3.63) is 28.8 Å². The summed E-state index contributed by atoms with van der Waals surface area (Å²) < 4.78 is 0. The first-order chi connectivity index (χ1) is 8.20. The van der Waals surface area contributed by atoms with Gasteiger partial charge in [-0.15, -0.1) is 0 Å². The topological polar surface area (TPSA) is 46.3 Å². The lowest BCUT2D eigenvalue weighted by Gasteiger charge is -2.21. The Morgan fingerprint density at radius 1 is 1.18 bits per heavy atom. The van der Waals surface area contributed by atoms with E-state index in [1.165, 1.54) is 12.8 Å². The summed E-state index contributed by atoms with van der Waals surface area (Å²) in [4.78, 5) is 14.2. The van der Waals surface area contributed by atoms with Gasteiger partial charge in [0.15, 0.2) is 0 Å². The highest BCUT2D eigenvalue weighted by Crippen LogP contribution is 2.25. The molecule has 2 N–H and O–H groups in total. The fourth-order valence-electron chi connectivity index (χ4n) is 2.16. The average Bonchev–Trinajstić information content (AvgIpc) is 2.60. The molecule has 1 aliphatic rings. The molecule has 92 valence electrons. The Morgan fingerprint density at radius 3 is 2.47 bits per heavy atom. The first kappa shape index (κ1) is 12.2. The highest BCUT2D eigenvalue weighted by molar-refractivity contribution is 6.36. The monoisotopic (exact) mass is 252 g/mol. The lowest BCUT2D eigenvalue weighted by atomic mass is 10.1. The van der Waals surface area contributed by atoms with Crippen LogP contribution in [0.3, 0.4) is 0 Å². The molecule has 0 unspecified atom stereocenters. The number of benzene rings is 1. The van der Waals surface area contributed by atoms with Gasteiger partial charge in [0.25, 0.3) is 5.91 Å². The molecular weight excluding hydrogens is 236 g/mol. The van der Waals surface area contributed by atoms with Crippen LogP contribution in [0.15, 0.2) is 18.2 Å². The Hall–Kier alpha value is -1.22. The molecule has 0 atom stereocenters. The van der Waals surface area contributed by atoms with Crippen LogP contribution in [0.1, 0.15) is 36.0 Å². The van der Waals surface area contributed by atoms with Crippen LogP contribution in [0.4, 0.5) is 5.69 Å². The van der Waals surface area contributed by atoms with Crippen molar-refractivity contribution in [2.24, 2.45) is 0 Å². The number of nitrogens with two attached hydrogens (primary N) is 1. The molecule has 1 heterocycles. The number of nitrogens with zero attached hydrogens (tertiary/aromatic N) is 1. The Balaban J connectivity index is 2.20.